The van der Waals surface area contributed by atoms with Crippen LogP contribution in [-0.4, -0.2) is 24.5 Å². The molecule has 1 fully saturated rings. The highest BCUT2D eigenvalue weighted by Crippen LogP contribution is 2.27. The first kappa shape index (κ1) is 13.7. The van der Waals surface area contributed by atoms with Crippen LogP contribution in [0.25, 0.3) is 0 Å². The number of carbonyl (C=O) groups is 2. The van der Waals surface area contributed by atoms with Crippen molar-refractivity contribution in [3.05, 3.63) is 23.2 Å². The molecular weight excluding hydrogens is 268 g/mol. The van der Waals surface area contributed by atoms with Crippen LogP contribution < -0.4 is 15.4 Å². The maximum atomic E-state index is 11.9. The van der Waals surface area contributed by atoms with Crippen LogP contribution >= 0.6 is 11.6 Å². The Labute approximate surface area is 116 Å². The van der Waals surface area contributed by atoms with E-state index in [4.69, 9.17) is 16.3 Å². The topological polar surface area (TPSA) is 67.4 Å². The lowest BCUT2D eigenvalue weighted by atomic mass is 10.2. The van der Waals surface area contributed by atoms with Gasteiger partial charge in [0.25, 0.3) is 0 Å². The number of hydrogen-bond acceptors (Lipinski definition) is 3. The predicted octanol–water partition coefficient (Wildman–Crippen LogP) is 1.96. The van der Waals surface area contributed by atoms with Gasteiger partial charge in [0.05, 0.1) is 11.6 Å². The molecule has 1 heterocycles. The van der Waals surface area contributed by atoms with Crippen molar-refractivity contribution in [3.8, 4) is 5.75 Å². The highest BCUT2D eigenvalue weighted by molar-refractivity contribution is 6.32. The molecule has 1 atom stereocenters. The van der Waals surface area contributed by atoms with Gasteiger partial charge in [-0.15, -0.1) is 0 Å². The molecule has 0 spiro atoms. The number of ether oxygens (including phenoxy) is 1. The zero-order chi connectivity index (χ0) is 13.8. The third-order valence-corrected chi connectivity index (χ3v) is 3.11. The van der Waals surface area contributed by atoms with E-state index >= 15 is 0 Å². The van der Waals surface area contributed by atoms with E-state index in [0.717, 1.165) is 0 Å². The van der Waals surface area contributed by atoms with E-state index in [1.165, 1.54) is 0 Å². The fourth-order valence-corrected chi connectivity index (χ4v) is 2.13. The molecule has 0 bridgehead atoms. The number of hydrogen-bond donors (Lipinski definition) is 2. The standard InChI is InChI=1S/C13H15ClN2O3/c1-2-19-11-5-3-8(7-9(11)14)15-13(18)10-4-6-12(17)16-10/h3,5,7,10H,2,4,6H2,1H3,(H,15,18)(H,16,17). The Kier molecular flexibility index (Phi) is 4.27. The molecule has 1 unspecified atom stereocenters. The summed E-state index contributed by atoms with van der Waals surface area (Å²) in [6.07, 6.45) is 0.914. The summed E-state index contributed by atoms with van der Waals surface area (Å²) in [5, 5.41) is 5.77. The molecule has 0 radical (unpaired) electrons. The van der Waals surface area contributed by atoms with E-state index in [9.17, 15) is 9.59 Å². The Morgan fingerprint density at radius 1 is 1.58 bits per heavy atom. The minimum atomic E-state index is -0.460. The molecule has 2 amide bonds. The first-order chi connectivity index (χ1) is 9.10. The van der Waals surface area contributed by atoms with Crippen LogP contribution in [0.2, 0.25) is 5.02 Å². The first-order valence-corrected chi connectivity index (χ1v) is 6.50. The summed E-state index contributed by atoms with van der Waals surface area (Å²) >= 11 is 6.03. The second-order valence-electron chi connectivity index (χ2n) is 4.23. The summed E-state index contributed by atoms with van der Waals surface area (Å²) in [6, 6.07) is 4.58. The number of benzene rings is 1. The lowest BCUT2D eigenvalue weighted by Crippen LogP contribution is -2.37. The van der Waals surface area contributed by atoms with E-state index in [1.54, 1.807) is 18.2 Å². The van der Waals surface area contributed by atoms with Crippen LogP contribution in [0, 0.1) is 0 Å². The third-order valence-electron chi connectivity index (χ3n) is 2.81. The van der Waals surface area contributed by atoms with Crippen LogP contribution in [0.1, 0.15) is 19.8 Å². The van der Waals surface area contributed by atoms with Crippen LogP contribution in [0.5, 0.6) is 5.75 Å². The highest BCUT2D eigenvalue weighted by Gasteiger charge is 2.27. The van der Waals surface area contributed by atoms with E-state index in [2.05, 4.69) is 10.6 Å². The van der Waals surface area contributed by atoms with Gasteiger partial charge in [0.1, 0.15) is 11.8 Å². The molecular formula is C13H15ClN2O3. The molecule has 2 rings (SSSR count). The van der Waals surface area contributed by atoms with Crippen molar-refractivity contribution in [2.24, 2.45) is 0 Å². The fourth-order valence-electron chi connectivity index (χ4n) is 1.89. The molecule has 1 aromatic rings. The van der Waals surface area contributed by atoms with Crippen molar-refractivity contribution < 1.29 is 14.3 Å². The van der Waals surface area contributed by atoms with Gasteiger partial charge in [-0.2, -0.15) is 0 Å². The molecule has 102 valence electrons. The van der Waals surface area contributed by atoms with E-state index in [1.807, 2.05) is 6.92 Å². The molecule has 1 saturated heterocycles. The average molecular weight is 283 g/mol. The van der Waals surface area contributed by atoms with Crippen molar-refractivity contribution in [1.29, 1.82) is 0 Å². The monoisotopic (exact) mass is 282 g/mol. The number of halogens is 1. The Morgan fingerprint density at radius 2 is 2.37 bits per heavy atom. The van der Waals surface area contributed by atoms with Crippen LogP contribution in [0.4, 0.5) is 5.69 Å². The Morgan fingerprint density at radius 3 is 2.95 bits per heavy atom. The number of amides is 2. The van der Waals surface area contributed by atoms with Crippen molar-refractivity contribution in [2.75, 3.05) is 11.9 Å². The molecule has 6 heteroatoms. The Balaban J connectivity index is 2.01. The predicted molar refractivity (Wildman–Crippen MR) is 72.4 cm³/mol. The fraction of sp³-hybridized carbons (Fsp3) is 0.385. The van der Waals surface area contributed by atoms with Gasteiger partial charge in [-0.3, -0.25) is 9.59 Å². The van der Waals surface area contributed by atoms with E-state index in [-0.39, 0.29) is 11.8 Å². The van der Waals surface area contributed by atoms with Crippen molar-refractivity contribution in [3.63, 3.8) is 0 Å². The normalized spacial score (nSPS) is 18.0. The first-order valence-electron chi connectivity index (χ1n) is 6.12. The van der Waals surface area contributed by atoms with Gasteiger partial charge in [0.2, 0.25) is 11.8 Å². The Hall–Kier alpha value is -1.75. The molecule has 19 heavy (non-hydrogen) atoms. The average Bonchev–Trinajstić information content (AvgIpc) is 2.80. The van der Waals surface area contributed by atoms with Gasteiger partial charge in [-0.25, -0.2) is 0 Å². The number of carbonyl (C=O) groups excluding carboxylic acids is 2. The maximum Gasteiger partial charge on any atom is 0.246 e. The number of anilines is 1. The second-order valence-corrected chi connectivity index (χ2v) is 4.63. The zero-order valence-electron chi connectivity index (χ0n) is 10.5. The van der Waals surface area contributed by atoms with Gasteiger partial charge in [-0.1, -0.05) is 11.6 Å². The summed E-state index contributed by atoms with van der Waals surface area (Å²) in [4.78, 5) is 22.9. The van der Waals surface area contributed by atoms with Crippen LogP contribution in [0.3, 0.4) is 0 Å². The molecule has 1 aliphatic rings. The lowest BCUT2D eigenvalue weighted by molar-refractivity contribution is -0.122. The summed E-state index contributed by atoms with van der Waals surface area (Å²) in [6.45, 7) is 2.40. The van der Waals surface area contributed by atoms with Gasteiger partial charge < -0.3 is 15.4 Å². The molecule has 5 nitrogen and oxygen atoms in total. The molecule has 1 aromatic carbocycles. The number of rotatable bonds is 4. The quantitative estimate of drug-likeness (QED) is 0.887. The van der Waals surface area contributed by atoms with E-state index < -0.39 is 6.04 Å². The molecule has 0 aliphatic carbocycles. The summed E-state index contributed by atoms with van der Waals surface area (Å²) in [7, 11) is 0. The maximum absolute atomic E-state index is 11.9. The lowest BCUT2D eigenvalue weighted by Gasteiger charge is -2.12. The van der Waals surface area contributed by atoms with Crippen molar-refractivity contribution in [2.45, 2.75) is 25.8 Å². The van der Waals surface area contributed by atoms with Crippen LogP contribution in [0.15, 0.2) is 18.2 Å². The molecule has 0 aromatic heterocycles. The summed E-state index contributed by atoms with van der Waals surface area (Å²) < 4.78 is 5.31. The SMILES string of the molecule is CCOc1ccc(NC(=O)C2CCC(=O)N2)cc1Cl. The minimum Gasteiger partial charge on any atom is -0.492 e. The van der Waals surface area contributed by atoms with E-state index in [0.29, 0.717) is 35.9 Å². The van der Waals surface area contributed by atoms with Gasteiger partial charge in [0, 0.05) is 12.1 Å². The van der Waals surface area contributed by atoms with Crippen molar-refractivity contribution >= 4 is 29.1 Å². The largest absolute Gasteiger partial charge is 0.492 e. The number of nitrogens with one attached hydrogen (secondary N) is 2. The Bertz CT molecular complexity index is 505. The molecule has 0 saturated carbocycles. The van der Waals surface area contributed by atoms with Crippen molar-refractivity contribution in [1.82, 2.24) is 5.32 Å². The van der Waals surface area contributed by atoms with Gasteiger partial charge >= 0.3 is 0 Å². The molecule has 1 aliphatic heterocycles. The summed E-state index contributed by atoms with van der Waals surface area (Å²) in [5.41, 5.74) is 0.583. The van der Waals surface area contributed by atoms with Gasteiger partial charge in [-0.05, 0) is 31.5 Å². The van der Waals surface area contributed by atoms with Crippen LogP contribution in [-0.2, 0) is 9.59 Å². The second kappa shape index (κ2) is 5.93. The molecule has 2 N–H and O–H groups in total. The zero-order valence-corrected chi connectivity index (χ0v) is 11.3. The van der Waals surface area contributed by atoms with Gasteiger partial charge in [0.15, 0.2) is 0 Å². The smallest absolute Gasteiger partial charge is 0.246 e. The summed E-state index contributed by atoms with van der Waals surface area (Å²) in [5.74, 6) is 0.257. The minimum absolute atomic E-state index is 0.0927. The highest BCUT2D eigenvalue weighted by atomic mass is 35.5. The third kappa shape index (κ3) is 3.38.